The van der Waals surface area contributed by atoms with Gasteiger partial charge in [-0.3, -0.25) is 9.59 Å². The molecule has 22 heavy (non-hydrogen) atoms. The van der Waals surface area contributed by atoms with Crippen molar-refractivity contribution in [1.29, 1.82) is 0 Å². The summed E-state index contributed by atoms with van der Waals surface area (Å²) in [6.45, 7) is 4.76. The minimum absolute atomic E-state index is 0.0750. The van der Waals surface area contributed by atoms with E-state index in [1.54, 1.807) is 25.3 Å². The average molecular weight is 309 g/mol. The van der Waals surface area contributed by atoms with Crippen molar-refractivity contribution < 1.29 is 24.2 Å². The molecular weight excluding hydrogens is 286 g/mol. The van der Waals surface area contributed by atoms with Crippen molar-refractivity contribution in [2.24, 2.45) is 5.92 Å². The van der Waals surface area contributed by atoms with E-state index >= 15 is 0 Å². The first-order valence-electron chi connectivity index (χ1n) is 7.25. The van der Waals surface area contributed by atoms with Gasteiger partial charge in [0.2, 0.25) is 0 Å². The number of benzene rings is 1. The Morgan fingerprint density at radius 2 is 2.05 bits per heavy atom. The van der Waals surface area contributed by atoms with Crippen molar-refractivity contribution in [3.05, 3.63) is 23.8 Å². The van der Waals surface area contributed by atoms with E-state index in [2.05, 4.69) is 19.2 Å². The van der Waals surface area contributed by atoms with Gasteiger partial charge in [0.05, 0.1) is 25.7 Å². The Morgan fingerprint density at radius 1 is 1.32 bits per heavy atom. The molecule has 1 rings (SSSR count). The van der Waals surface area contributed by atoms with Gasteiger partial charge in [0, 0.05) is 12.6 Å². The lowest BCUT2D eigenvalue weighted by atomic mass is 10.1. The van der Waals surface area contributed by atoms with Gasteiger partial charge in [0.1, 0.15) is 11.5 Å². The Bertz CT molecular complexity index is 513. The SMILES string of the molecule is COc1ccc(C(=O)NCCC(=O)O)c(OCCC(C)C)c1. The number of ether oxygens (including phenoxy) is 2. The molecule has 0 bridgehead atoms. The molecule has 2 N–H and O–H groups in total. The third-order valence-corrected chi connectivity index (χ3v) is 3.01. The van der Waals surface area contributed by atoms with Gasteiger partial charge >= 0.3 is 5.97 Å². The summed E-state index contributed by atoms with van der Waals surface area (Å²) in [4.78, 5) is 22.6. The van der Waals surface area contributed by atoms with E-state index in [0.717, 1.165) is 6.42 Å². The maximum Gasteiger partial charge on any atom is 0.305 e. The van der Waals surface area contributed by atoms with E-state index in [1.807, 2.05) is 0 Å². The summed E-state index contributed by atoms with van der Waals surface area (Å²) >= 11 is 0. The highest BCUT2D eigenvalue weighted by molar-refractivity contribution is 5.97. The quantitative estimate of drug-likeness (QED) is 0.731. The normalized spacial score (nSPS) is 10.4. The van der Waals surface area contributed by atoms with Crippen LogP contribution >= 0.6 is 0 Å². The molecule has 6 heteroatoms. The predicted molar refractivity (Wildman–Crippen MR) is 82.5 cm³/mol. The van der Waals surface area contributed by atoms with Crippen LogP contribution in [0, 0.1) is 5.92 Å². The van der Waals surface area contributed by atoms with Crippen LogP contribution in [0.25, 0.3) is 0 Å². The van der Waals surface area contributed by atoms with E-state index < -0.39 is 5.97 Å². The second-order valence-corrected chi connectivity index (χ2v) is 5.29. The Hall–Kier alpha value is -2.24. The smallest absolute Gasteiger partial charge is 0.305 e. The molecule has 1 amide bonds. The number of carboxylic acids is 1. The number of carbonyl (C=O) groups is 2. The number of methoxy groups -OCH3 is 1. The third-order valence-electron chi connectivity index (χ3n) is 3.01. The number of carboxylic acid groups (broad SMARTS) is 1. The molecule has 0 aliphatic carbocycles. The summed E-state index contributed by atoms with van der Waals surface area (Å²) in [5.41, 5.74) is 0.370. The van der Waals surface area contributed by atoms with E-state index in [-0.39, 0.29) is 18.9 Å². The summed E-state index contributed by atoms with van der Waals surface area (Å²) in [6.07, 6.45) is 0.753. The summed E-state index contributed by atoms with van der Waals surface area (Å²) in [5, 5.41) is 11.2. The summed E-state index contributed by atoms with van der Waals surface area (Å²) < 4.78 is 10.8. The molecule has 0 saturated heterocycles. The van der Waals surface area contributed by atoms with E-state index in [0.29, 0.717) is 29.6 Å². The number of rotatable bonds is 9. The number of aliphatic carboxylic acids is 1. The highest BCUT2D eigenvalue weighted by Gasteiger charge is 2.14. The number of nitrogens with one attached hydrogen (secondary N) is 1. The molecule has 1 aromatic carbocycles. The summed E-state index contributed by atoms with van der Waals surface area (Å²) in [6, 6.07) is 4.94. The van der Waals surface area contributed by atoms with Crippen molar-refractivity contribution >= 4 is 11.9 Å². The lowest BCUT2D eigenvalue weighted by molar-refractivity contribution is -0.136. The maximum atomic E-state index is 12.1. The van der Waals surface area contributed by atoms with Crippen molar-refractivity contribution in [1.82, 2.24) is 5.32 Å². The lowest BCUT2D eigenvalue weighted by Gasteiger charge is -2.13. The first-order chi connectivity index (χ1) is 10.4. The van der Waals surface area contributed by atoms with Gasteiger partial charge in [0.25, 0.3) is 5.91 Å². The Kier molecular flexibility index (Phi) is 7.22. The molecule has 6 nitrogen and oxygen atoms in total. The number of carbonyl (C=O) groups excluding carboxylic acids is 1. The van der Waals surface area contributed by atoms with Gasteiger partial charge < -0.3 is 19.9 Å². The predicted octanol–water partition coefficient (Wildman–Crippen LogP) is 2.32. The molecule has 0 aromatic heterocycles. The van der Waals surface area contributed by atoms with Crippen LogP contribution in [-0.2, 0) is 4.79 Å². The van der Waals surface area contributed by atoms with Crippen LogP contribution in [0.2, 0.25) is 0 Å². The van der Waals surface area contributed by atoms with Crippen LogP contribution in [0.4, 0.5) is 0 Å². The fourth-order valence-electron chi connectivity index (χ4n) is 1.72. The highest BCUT2D eigenvalue weighted by atomic mass is 16.5. The number of amides is 1. The van der Waals surface area contributed by atoms with Crippen molar-refractivity contribution in [3.63, 3.8) is 0 Å². The first kappa shape index (κ1) is 17.8. The average Bonchev–Trinajstić information content (AvgIpc) is 2.46. The summed E-state index contributed by atoms with van der Waals surface area (Å²) in [5.74, 6) is 0.222. The maximum absolute atomic E-state index is 12.1. The molecule has 0 unspecified atom stereocenters. The van der Waals surface area contributed by atoms with Gasteiger partial charge in [-0.25, -0.2) is 0 Å². The molecule has 0 spiro atoms. The van der Waals surface area contributed by atoms with Crippen LogP contribution in [-0.4, -0.2) is 37.2 Å². The van der Waals surface area contributed by atoms with Crippen LogP contribution in [0.5, 0.6) is 11.5 Å². The van der Waals surface area contributed by atoms with Gasteiger partial charge in [-0.15, -0.1) is 0 Å². The summed E-state index contributed by atoms with van der Waals surface area (Å²) in [7, 11) is 1.54. The minimum atomic E-state index is -0.955. The zero-order valence-electron chi connectivity index (χ0n) is 13.2. The lowest BCUT2D eigenvalue weighted by Crippen LogP contribution is -2.26. The fourth-order valence-corrected chi connectivity index (χ4v) is 1.72. The molecule has 0 saturated carbocycles. The van der Waals surface area contributed by atoms with Gasteiger partial charge in [-0.1, -0.05) is 13.8 Å². The molecule has 0 radical (unpaired) electrons. The molecule has 0 fully saturated rings. The Labute approximate surface area is 130 Å². The zero-order valence-corrected chi connectivity index (χ0v) is 13.2. The molecule has 0 aliphatic heterocycles. The third kappa shape index (κ3) is 6.03. The topological polar surface area (TPSA) is 84.9 Å². The molecular formula is C16H23NO5. The second kappa shape index (κ2) is 8.92. The second-order valence-electron chi connectivity index (χ2n) is 5.29. The molecule has 0 aliphatic rings. The highest BCUT2D eigenvalue weighted by Crippen LogP contribution is 2.25. The largest absolute Gasteiger partial charge is 0.497 e. The van der Waals surface area contributed by atoms with Crippen molar-refractivity contribution in [2.75, 3.05) is 20.3 Å². The number of hydrogen-bond acceptors (Lipinski definition) is 4. The zero-order chi connectivity index (χ0) is 16.5. The minimum Gasteiger partial charge on any atom is -0.497 e. The molecule has 1 aromatic rings. The van der Waals surface area contributed by atoms with Crippen LogP contribution in [0.15, 0.2) is 18.2 Å². The standard InChI is InChI=1S/C16H23NO5/c1-11(2)7-9-22-14-10-12(21-3)4-5-13(14)16(20)17-8-6-15(18)19/h4-5,10-11H,6-9H2,1-3H3,(H,17,20)(H,18,19). The fraction of sp³-hybridized carbons (Fsp3) is 0.500. The first-order valence-corrected chi connectivity index (χ1v) is 7.25. The van der Waals surface area contributed by atoms with Crippen LogP contribution in [0.1, 0.15) is 37.0 Å². The van der Waals surface area contributed by atoms with E-state index in [9.17, 15) is 9.59 Å². The Morgan fingerprint density at radius 3 is 2.64 bits per heavy atom. The van der Waals surface area contributed by atoms with E-state index in [4.69, 9.17) is 14.6 Å². The van der Waals surface area contributed by atoms with Crippen molar-refractivity contribution in [3.8, 4) is 11.5 Å². The van der Waals surface area contributed by atoms with Gasteiger partial charge in [-0.05, 0) is 24.5 Å². The monoisotopic (exact) mass is 309 g/mol. The molecule has 0 atom stereocenters. The van der Waals surface area contributed by atoms with Crippen LogP contribution < -0.4 is 14.8 Å². The van der Waals surface area contributed by atoms with Crippen LogP contribution in [0.3, 0.4) is 0 Å². The van der Waals surface area contributed by atoms with E-state index in [1.165, 1.54) is 0 Å². The molecule has 122 valence electrons. The van der Waals surface area contributed by atoms with Gasteiger partial charge in [-0.2, -0.15) is 0 Å². The Balaban J connectivity index is 2.77. The van der Waals surface area contributed by atoms with Gasteiger partial charge in [0.15, 0.2) is 0 Å². The number of hydrogen-bond donors (Lipinski definition) is 2. The molecule has 0 heterocycles. The van der Waals surface area contributed by atoms with Crippen molar-refractivity contribution in [2.45, 2.75) is 26.7 Å².